The molecule has 5 nitrogen and oxygen atoms in total. The highest BCUT2D eigenvalue weighted by molar-refractivity contribution is 7.99. The van der Waals surface area contributed by atoms with Crippen molar-refractivity contribution in [2.45, 2.75) is 45.8 Å². The number of amides is 1. The molecular formula is C23H27N3O2S. The zero-order valence-corrected chi connectivity index (χ0v) is 18.3. The van der Waals surface area contributed by atoms with Gasteiger partial charge in [-0.1, -0.05) is 55.4 Å². The SMILES string of the molecule is Cc1ccc(-n2c(SCC(=O)N[C@@H](C)C(C)C)nc3ccccc3c2=O)c(C)c1. The van der Waals surface area contributed by atoms with Crippen LogP contribution in [0.2, 0.25) is 0 Å². The molecule has 3 aromatic rings. The van der Waals surface area contributed by atoms with Crippen molar-refractivity contribution >= 4 is 28.6 Å². The van der Waals surface area contributed by atoms with Crippen molar-refractivity contribution in [1.29, 1.82) is 0 Å². The Balaban J connectivity index is 2.03. The van der Waals surface area contributed by atoms with Crippen LogP contribution in [0.3, 0.4) is 0 Å². The smallest absolute Gasteiger partial charge is 0.266 e. The number of nitrogens with one attached hydrogen (secondary N) is 1. The van der Waals surface area contributed by atoms with Gasteiger partial charge in [0, 0.05) is 6.04 Å². The zero-order valence-electron chi connectivity index (χ0n) is 17.5. The van der Waals surface area contributed by atoms with Crippen molar-refractivity contribution in [3.8, 4) is 5.69 Å². The fourth-order valence-electron chi connectivity index (χ4n) is 3.07. The van der Waals surface area contributed by atoms with Crippen LogP contribution in [0.4, 0.5) is 0 Å². The number of thioether (sulfide) groups is 1. The van der Waals surface area contributed by atoms with Crippen LogP contribution in [-0.4, -0.2) is 27.3 Å². The number of hydrogen-bond donors (Lipinski definition) is 1. The minimum absolute atomic E-state index is 0.0641. The molecule has 0 bridgehead atoms. The average molecular weight is 410 g/mol. The quantitative estimate of drug-likeness (QED) is 0.488. The van der Waals surface area contributed by atoms with E-state index in [1.54, 1.807) is 10.6 Å². The Morgan fingerprint density at radius 1 is 1.14 bits per heavy atom. The van der Waals surface area contributed by atoms with E-state index in [2.05, 4.69) is 19.2 Å². The first kappa shape index (κ1) is 21.1. The van der Waals surface area contributed by atoms with E-state index in [1.165, 1.54) is 11.8 Å². The molecule has 0 saturated heterocycles. The first-order valence-electron chi connectivity index (χ1n) is 9.79. The van der Waals surface area contributed by atoms with Crippen molar-refractivity contribution < 1.29 is 4.79 Å². The normalized spacial score (nSPS) is 12.3. The van der Waals surface area contributed by atoms with Gasteiger partial charge in [-0.3, -0.25) is 14.2 Å². The molecule has 6 heteroatoms. The molecule has 0 saturated carbocycles. The Labute approximate surface area is 175 Å². The fraction of sp³-hybridized carbons (Fsp3) is 0.348. The molecule has 1 atom stereocenters. The summed E-state index contributed by atoms with van der Waals surface area (Å²) in [5.74, 6) is 0.495. The summed E-state index contributed by atoms with van der Waals surface area (Å²) in [7, 11) is 0. The second kappa shape index (κ2) is 8.82. The number of carbonyl (C=O) groups is 1. The summed E-state index contributed by atoms with van der Waals surface area (Å²) in [4.78, 5) is 30.4. The van der Waals surface area contributed by atoms with Crippen LogP contribution in [-0.2, 0) is 4.79 Å². The molecule has 2 aromatic carbocycles. The minimum Gasteiger partial charge on any atom is -0.353 e. The molecule has 1 heterocycles. The van der Waals surface area contributed by atoms with Crippen molar-refractivity contribution in [1.82, 2.24) is 14.9 Å². The maximum absolute atomic E-state index is 13.3. The maximum atomic E-state index is 13.3. The van der Waals surface area contributed by atoms with Crippen LogP contribution in [0.25, 0.3) is 16.6 Å². The molecule has 152 valence electrons. The monoisotopic (exact) mass is 409 g/mol. The summed E-state index contributed by atoms with van der Waals surface area (Å²) in [6.45, 7) is 10.1. The Morgan fingerprint density at radius 3 is 2.55 bits per heavy atom. The van der Waals surface area contributed by atoms with Gasteiger partial charge in [0.2, 0.25) is 5.91 Å². The van der Waals surface area contributed by atoms with Gasteiger partial charge in [0.05, 0.1) is 22.3 Å². The third-order valence-electron chi connectivity index (χ3n) is 5.06. The molecule has 1 aromatic heterocycles. The van der Waals surface area contributed by atoms with Gasteiger partial charge >= 0.3 is 0 Å². The van der Waals surface area contributed by atoms with Crippen LogP contribution in [0.1, 0.15) is 31.9 Å². The van der Waals surface area contributed by atoms with Crippen LogP contribution in [0.15, 0.2) is 52.4 Å². The highest BCUT2D eigenvalue weighted by atomic mass is 32.2. The number of para-hydroxylation sites is 1. The Hall–Kier alpha value is -2.60. The van der Waals surface area contributed by atoms with E-state index in [0.717, 1.165) is 16.8 Å². The van der Waals surface area contributed by atoms with Crippen molar-refractivity contribution in [2.24, 2.45) is 5.92 Å². The van der Waals surface area contributed by atoms with Gasteiger partial charge < -0.3 is 5.32 Å². The first-order valence-corrected chi connectivity index (χ1v) is 10.8. The second-order valence-electron chi connectivity index (χ2n) is 7.73. The maximum Gasteiger partial charge on any atom is 0.266 e. The standard InChI is InChI=1S/C23H27N3O2S/c1-14(2)17(5)24-21(27)13-29-23-25-19-9-7-6-8-18(19)22(28)26(23)20-11-10-15(3)12-16(20)4/h6-12,14,17H,13H2,1-5H3,(H,24,27)/t17-/m0/s1. The molecule has 0 spiro atoms. The van der Waals surface area contributed by atoms with Crippen molar-refractivity contribution in [3.63, 3.8) is 0 Å². The predicted molar refractivity (Wildman–Crippen MR) is 120 cm³/mol. The number of nitrogens with zero attached hydrogens (tertiary/aromatic N) is 2. The summed E-state index contributed by atoms with van der Waals surface area (Å²) in [5, 5.41) is 4.09. The number of hydrogen-bond acceptors (Lipinski definition) is 4. The van der Waals surface area contributed by atoms with E-state index < -0.39 is 0 Å². The summed E-state index contributed by atoms with van der Waals surface area (Å²) in [5.41, 5.74) is 3.42. The Morgan fingerprint density at radius 2 is 1.86 bits per heavy atom. The van der Waals surface area contributed by atoms with Gasteiger partial charge in [0.15, 0.2) is 5.16 Å². The number of benzene rings is 2. The van der Waals surface area contributed by atoms with Crippen LogP contribution >= 0.6 is 11.8 Å². The Bertz CT molecular complexity index is 1100. The number of rotatable bonds is 6. The molecular weight excluding hydrogens is 382 g/mol. The number of aryl methyl sites for hydroxylation is 2. The summed E-state index contributed by atoms with van der Waals surface area (Å²) >= 11 is 1.29. The van der Waals surface area contributed by atoms with E-state index in [-0.39, 0.29) is 23.3 Å². The highest BCUT2D eigenvalue weighted by Gasteiger charge is 2.17. The van der Waals surface area contributed by atoms with Gasteiger partial charge in [-0.05, 0) is 50.5 Å². The molecule has 0 fully saturated rings. The molecule has 0 radical (unpaired) electrons. The van der Waals surface area contributed by atoms with E-state index in [4.69, 9.17) is 4.98 Å². The van der Waals surface area contributed by atoms with Crippen LogP contribution in [0, 0.1) is 19.8 Å². The lowest BCUT2D eigenvalue weighted by atomic mass is 10.1. The number of fused-ring (bicyclic) bond motifs is 1. The minimum atomic E-state index is -0.124. The van der Waals surface area contributed by atoms with Gasteiger partial charge in [-0.15, -0.1) is 0 Å². The Kier molecular flexibility index (Phi) is 6.42. The van der Waals surface area contributed by atoms with E-state index >= 15 is 0 Å². The topological polar surface area (TPSA) is 64.0 Å². The van der Waals surface area contributed by atoms with Gasteiger partial charge in [0.25, 0.3) is 5.56 Å². The second-order valence-corrected chi connectivity index (χ2v) is 8.67. The number of carbonyl (C=O) groups excluding carboxylic acids is 1. The summed E-state index contributed by atoms with van der Waals surface area (Å²) < 4.78 is 1.63. The largest absolute Gasteiger partial charge is 0.353 e. The zero-order chi connectivity index (χ0) is 21.1. The van der Waals surface area contributed by atoms with E-state index in [9.17, 15) is 9.59 Å². The molecule has 0 aliphatic rings. The molecule has 29 heavy (non-hydrogen) atoms. The summed E-state index contributed by atoms with van der Waals surface area (Å²) in [6.07, 6.45) is 0. The van der Waals surface area contributed by atoms with Gasteiger partial charge in [-0.25, -0.2) is 4.98 Å². The van der Waals surface area contributed by atoms with Crippen LogP contribution < -0.4 is 10.9 Å². The van der Waals surface area contributed by atoms with E-state index in [0.29, 0.717) is 22.0 Å². The van der Waals surface area contributed by atoms with Crippen molar-refractivity contribution in [2.75, 3.05) is 5.75 Å². The highest BCUT2D eigenvalue weighted by Crippen LogP contribution is 2.23. The molecule has 1 amide bonds. The summed E-state index contributed by atoms with van der Waals surface area (Å²) in [6, 6.07) is 13.4. The fourth-order valence-corrected chi connectivity index (χ4v) is 3.89. The third-order valence-corrected chi connectivity index (χ3v) is 6.00. The molecule has 0 aliphatic carbocycles. The third kappa shape index (κ3) is 4.70. The molecule has 0 unspecified atom stereocenters. The van der Waals surface area contributed by atoms with Gasteiger partial charge in [0.1, 0.15) is 0 Å². The first-order chi connectivity index (χ1) is 13.8. The molecule has 3 rings (SSSR count). The van der Waals surface area contributed by atoms with Crippen molar-refractivity contribution in [3.05, 3.63) is 63.9 Å². The number of aromatic nitrogens is 2. The van der Waals surface area contributed by atoms with E-state index in [1.807, 2.05) is 57.2 Å². The van der Waals surface area contributed by atoms with Gasteiger partial charge in [-0.2, -0.15) is 0 Å². The molecule has 0 aliphatic heterocycles. The van der Waals surface area contributed by atoms with Crippen LogP contribution in [0.5, 0.6) is 0 Å². The lowest BCUT2D eigenvalue weighted by Gasteiger charge is -2.18. The lowest BCUT2D eigenvalue weighted by Crippen LogP contribution is -2.37. The molecule has 1 N–H and O–H groups in total. The average Bonchev–Trinajstić information content (AvgIpc) is 2.67. The predicted octanol–water partition coefficient (Wildman–Crippen LogP) is 4.26. The lowest BCUT2D eigenvalue weighted by molar-refractivity contribution is -0.119.